The minimum atomic E-state index is -3.05. The molecule has 1 aromatic rings. The first-order chi connectivity index (χ1) is 9.91. The van der Waals surface area contributed by atoms with E-state index in [4.69, 9.17) is 0 Å². The molecule has 2 heterocycles. The first-order valence-electron chi connectivity index (χ1n) is 6.77. The predicted molar refractivity (Wildman–Crippen MR) is 80.4 cm³/mol. The summed E-state index contributed by atoms with van der Waals surface area (Å²) in [7, 11) is -3.05. The smallest absolute Gasteiger partial charge is 0.311 e. The highest BCUT2D eigenvalue weighted by Gasteiger charge is 2.30. The molecule has 0 saturated carbocycles. The highest BCUT2D eigenvalue weighted by Crippen LogP contribution is 2.26. The van der Waals surface area contributed by atoms with Gasteiger partial charge in [0.15, 0.2) is 9.84 Å². The molecule has 0 amide bonds. The number of hydrogen-bond acceptors (Lipinski definition) is 7. The lowest BCUT2D eigenvalue weighted by Gasteiger charge is -2.13. The first-order valence-corrected chi connectivity index (χ1v) is 8.59. The van der Waals surface area contributed by atoms with Crippen molar-refractivity contribution in [2.75, 3.05) is 28.7 Å². The van der Waals surface area contributed by atoms with Crippen LogP contribution in [0, 0.1) is 10.1 Å². The summed E-state index contributed by atoms with van der Waals surface area (Å²) in [5, 5.41) is 17.0. The molecule has 0 aromatic carbocycles. The van der Waals surface area contributed by atoms with E-state index < -0.39 is 14.8 Å². The second-order valence-corrected chi connectivity index (χ2v) is 7.22. The molecule has 116 valence electrons. The van der Waals surface area contributed by atoms with Crippen LogP contribution in [0.4, 0.5) is 17.3 Å². The van der Waals surface area contributed by atoms with Crippen molar-refractivity contribution in [3.63, 3.8) is 0 Å². The van der Waals surface area contributed by atoms with E-state index in [0.717, 1.165) is 6.42 Å². The Morgan fingerprint density at radius 1 is 1.48 bits per heavy atom. The van der Waals surface area contributed by atoms with Crippen LogP contribution in [-0.2, 0) is 9.84 Å². The summed E-state index contributed by atoms with van der Waals surface area (Å²) in [6, 6.07) is 2.59. The van der Waals surface area contributed by atoms with Crippen LogP contribution in [0.25, 0.3) is 0 Å². The second-order valence-electron chi connectivity index (χ2n) is 4.99. The maximum Gasteiger partial charge on any atom is 0.311 e. The fraction of sp³-hybridized carbons (Fsp3) is 0.583. The summed E-state index contributed by atoms with van der Waals surface area (Å²) in [6.45, 7) is 2.71. The van der Waals surface area contributed by atoms with Gasteiger partial charge in [-0.2, -0.15) is 0 Å². The largest absolute Gasteiger partial charge is 0.370 e. The topological polar surface area (TPSA) is 114 Å². The van der Waals surface area contributed by atoms with Crippen molar-refractivity contribution in [3.8, 4) is 0 Å². The molecule has 9 heteroatoms. The van der Waals surface area contributed by atoms with Gasteiger partial charge in [0, 0.05) is 18.7 Å². The van der Waals surface area contributed by atoms with Gasteiger partial charge >= 0.3 is 5.69 Å². The minimum absolute atomic E-state index is 0.0154. The molecule has 2 N–H and O–H groups in total. The lowest BCUT2D eigenvalue weighted by atomic mass is 10.2. The van der Waals surface area contributed by atoms with Crippen molar-refractivity contribution < 1.29 is 13.3 Å². The lowest BCUT2D eigenvalue weighted by Crippen LogP contribution is -2.22. The quantitative estimate of drug-likeness (QED) is 0.602. The summed E-state index contributed by atoms with van der Waals surface area (Å²) in [4.78, 5) is 14.7. The minimum Gasteiger partial charge on any atom is -0.370 e. The molecule has 2 rings (SSSR count). The third kappa shape index (κ3) is 4.03. The van der Waals surface area contributed by atoms with Crippen molar-refractivity contribution in [3.05, 3.63) is 22.2 Å². The predicted octanol–water partition coefficient (Wildman–Crippen LogP) is 1.41. The molecule has 1 fully saturated rings. The molecule has 1 saturated heterocycles. The Balaban J connectivity index is 2.20. The molecular weight excluding hydrogens is 296 g/mol. The van der Waals surface area contributed by atoms with Gasteiger partial charge in [-0.15, -0.1) is 0 Å². The molecule has 21 heavy (non-hydrogen) atoms. The summed E-state index contributed by atoms with van der Waals surface area (Å²) < 4.78 is 22.9. The Bertz CT molecular complexity index is 632. The zero-order valence-electron chi connectivity index (χ0n) is 11.7. The van der Waals surface area contributed by atoms with Crippen molar-refractivity contribution >= 4 is 27.2 Å². The highest BCUT2D eigenvalue weighted by atomic mass is 32.2. The average molecular weight is 314 g/mol. The summed E-state index contributed by atoms with van der Waals surface area (Å²) in [6.07, 6.45) is 1.34. The van der Waals surface area contributed by atoms with E-state index in [-0.39, 0.29) is 29.1 Å². The van der Waals surface area contributed by atoms with E-state index in [2.05, 4.69) is 15.6 Å². The van der Waals surface area contributed by atoms with Gasteiger partial charge in [-0.25, -0.2) is 13.4 Å². The molecule has 1 aromatic heterocycles. The SMILES string of the molecule is CCCNc1ccc([N+](=O)[O-])c(NC2CCS(=O)(=O)C2)n1. The van der Waals surface area contributed by atoms with Gasteiger partial charge in [0.2, 0.25) is 5.82 Å². The summed E-state index contributed by atoms with van der Waals surface area (Å²) in [5.41, 5.74) is -0.152. The van der Waals surface area contributed by atoms with Crippen LogP contribution >= 0.6 is 0 Å². The number of pyridine rings is 1. The molecule has 1 aliphatic rings. The number of nitrogens with one attached hydrogen (secondary N) is 2. The maximum absolute atomic E-state index is 11.5. The standard InChI is InChI=1S/C12H18N4O4S/c1-2-6-13-11-4-3-10(16(17)18)12(15-11)14-9-5-7-21(19,20)8-9/h3-4,9H,2,5-8H2,1H3,(H2,13,14,15). The van der Waals surface area contributed by atoms with Gasteiger partial charge in [-0.1, -0.05) is 6.92 Å². The lowest BCUT2D eigenvalue weighted by molar-refractivity contribution is -0.384. The number of anilines is 2. The van der Waals surface area contributed by atoms with Crippen molar-refractivity contribution in [2.24, 2.45) is 0 Å². The van der Waals surface area contributed by atoms with Gasteiger partial charge in [0.25, 0.3) is 0 Å². The fourth-order valence-corrected chi connectivity index (χ4v) is 3.83. The van der Waals surface area contributed by atoms with Crippen LogP contribution in [0.3, 0.4) is 0 Å². The molecular formula is C12H18N4O4S. The fourth-order valence-electron chi connectivity index (χ4n) is 2.16. The third-order valence-corrected chi connectivity index (χ3v) is 4.97. The Morgan fingerprint density at radius 2 is 2.24 bits per heavy atom. The van der Waals surface area contributed by atoms with E-state index in [1.165, 1.54) is 6.07 Å². The highest BCUT2D eigenvalue weighted by molar-refractivity contribution is 7.91. The number of rotatable bonds is 6. The summed E-state index contributed by atoms with van der Waals surface area (Å²) >= 11 is 0. The van der Waals surface area contributed by atoms with Crippen LogP contribution in [0.2, 0.25) is 0 Å². The first kappa shape index (κ1) is 15.5. The number of hydrogen-bond donors (Lipinski definition) is 2. The molecule has 1 atom stereocenters. The van der Waals surface area contributed by atoms with Gasteiger partial charge in [0.1, 0.15) is 5.82 Å². The van der Waals surface area contributed by atoms with Crippen LogP contribution in [0.1, 0.15) is 19.8 Å². The number of sulfone groups is 1. The van der Waals surface area contributed by atoms with Crippen molar-refractivity contribution in [1.29, 1.82) is 0 Å². The monoisotopic (exact) mass is 314 g/mol. The Labute approximate surface area is 123 Å². The normalized spacial score (nSPS) is 20.1. The summed E-state index contributed by atoms with van der Waals surface area (Å²) in [5.74, 6) is 0.735. The van der Waals surface area contributed by atoms with Crippen molar-refractivity contribution in [1.82, 2.24) is 4.98 Å². The molecule has 1 aliphatic heterocycles. The Hall–Kier alpha value is -1.90. The number of nitrogens with zero attached hydrogens (tertiary/aromatic N) is 2. The van der Waals surface area contributed by atoms with Crippen LogP contribution in [-0.4, -0.2) is 42.4 Å². The van der Waals surface area contributed by atoms with Gasteiger partial charge < -0.3 is 10.6 Å². The van der Waals surface area contributed by atoms with Gasteiger partial charge in [-0.05, 0) is 18.9 Å². The molecule has 0 bridgehead atoms. The average Bonchev–Trinajstić information content (AvgIpc) is 2.75. The van der Waals surface area contributed by atoms with Crippen LogP contribution < -0.4 is 10.6 Å². The number of nitro groups is 1. The van der Waals surface area contributed by atoms with E-state index in [1.807, 2.05) is 6.92 Å². The van der Waals surface area contributed by atoms with E-state index in [1.54, 1.807) is 6.07 Å². The number of aromatic nitrogens is 1. The maximum atomic E-state index is 11.5. The molecule has 1 unspecified atom stereocenters. The van der Waals surface area contributed by atoms with E-state index in [0.29, 0.717) is 18.8 Å². The van der Waals surface area contributed by atoms with Crippen molar-refractivity contribution in [2.45, 2.75) is 25.8 Å². The van der Waals surface area contributed by atoms with E-state index in [9.17, 15) is 18.5 Å². The zero-order chi connectivity index (χ0) is 15.5. The van der Waals surface area contributed by atoms with E-state index >= 15 is 0 Å². The Kier molecular flexibility index (Phi) is 4.61. The van der Waals surface area contributed by atoms with Crippen LogP contribution in [0.15, 0.2) is 12.1 Å². The van der Waals surface area contributed by atoms with Gasteiger partial charge in [0.05, 0.1) is 16.4 Å². The molecule has 0 aliphatic carbocycles. The zero-order valence-corrected chi connectivity index (χ0v) is 12.5. The molecule has 8 nitrogen and oxygen atoms in total. The second kappa shape index (κ2) is 6.25. The third-order valence-electron chi connectivity index (χ3n) is 3.20. The molecule has 0 spiro atoms. The molecule has 0 radical (unpaired) electrons. The van der Waals surface area contributed by atoms with Gasteiger partial charge in [-0.3, -0.25) is 10.1 Å². The van der Waals surface area contributed by atoms with Crippen LogP contribution in [0.5, 0.6) is 0 Å². The Morgan fingerprint density at radius 3 is 2.81 bits per heavy atom.